The van der Waals surface area contributed by atoms with E-state index in [4.69, 9.17) is 9.72 Å². The third-order valence-electron chi connectivity index (χ3n) is 5.37. The van der Waals surface area contributed by atoms with E-state index in [9.17, 15) is 4.79 Å². The van der Waals surface area contributed by atoms with Crippen LogP contribution in [0.1, 0.15) is 35.7 Å². The number of hydrogen-bond donors (Lipinski definition) is 1. The highest BCUT2D eigenvalue weighted by Crippen LogP contribution is 2.27. The van der Waals surface area contributed by atoms with Crippen LogP contribution >= 0.6 is 0 Å². The highest BCUT2D eigenvalue weighted by molar-refractivity contribution is 5.96. The van der Waals surface area contributed by atoms with Crippen molar-refractivity contribution >= 4 is 17.4 Å². The van der Waals surface area contributed by atoms with E-state index in [2.05, 4.69) is 38.9 Å². The molecule has 2 aliphatic rings. The van der Waals surface area contributed by atoms with Crippen molar-refractivity contribution < 1.29 is 9.53 Å². The van der Waals surface area contributed by atoms with Crippen molar-refractivity contribution in [1.29, 1.82) is 0 Å². The molecule has 8 heteroatoms. The number of ether oxygens (including phenoxy) is 1. The van der Waals surface area contributed by atoms with Gasteiger partial charge < -0.3 is 19.9 Å². The SMILES string of the molecule is COc1ccc(N2CCN(c3nc(CC(C)C)nc4c3CCNC4=O)CC2)cn1. The molecule has 1 fully saturated rings. The van der Waals surface area contributed by atoms with Gasteiger partial charge in [0.1, 0.15) is 17.3 Å². The van der Waals surface area contributed by atoms with Crippen LogP contribution in [-0.2, 0) is 12.8 Å². The van der Waals surface area contributed by atoms with Gasteiger partial charge in [0.25, 0.3) is 5.91 Å². The molecule has 0 bridgehead atoms. The quantitative estimate of drug-likeness (QED) is 0.823. The topological polar surface area (TPSA) is 83.5 Å². The largest absolute Gasteiger partial charge is 0.481 e. The highest BCUT2D eigenvalue weighted by atomic mass is 16.5. The molecular formula is C21H28N6O2. The number of methoxy groups -OCH3 is 1. The Morgan fingerprint density at radius 1 is 1.14 bits per heavy atom. The second kappa shape index (κ2) is 8.23. The summed E-state index contributed by atoms with van der Waals surface area (Å²) in [7, 11) is 1.62. The first-order valence-electron chi connectivity index (χ1n) is 10.2. The molecule has 0 aromatic carbocycles. The van der Waals surface area contributed by atoms with Crippen LogP contribution in [0.2, 0.25) is 0 Å². The van der Waals surface area contributed by atoms with Crippen LogP contribution in [0.4, 0.5) is 11.5 Å². The minimum atomic E-state index is -0.0807. The van der Waals surface area contributed by atoms with Crippen LogP contribution in [0.3, 0.4) is 0 Å². The molecule has 0 saturated carbocycles. The lowest BCUT2D eigenvalue weighted by Gasteiger charge is -2.38. The average Bonchev–Trinajstić information content (AvgIpc) is 2.74. The summed E-state index contributed by atoms with van der Waals surface area (Å²) < 4.78 is 5.15. The Labute approximate surface area is 171 Å². The number of aromatic nitrogens is 3. The molecule has 0 unspecified atom stereocenters. The molecule has 2 aromatic heterocycles. The number of nitrogens with one attached hydrogen (secondary N) is 1. The first-order valence-corrected chi connectivity index (χ1v) is 10.2. The number of fused-ring (bicyclic) bond motifs is 1. The number of nitrogens with zero attached hydrogens (tertiary/aromatic N) is 5. The molecule has 0 radical (unpaired) electrons. The Balaban J connectivity index is 1.55. The summed E-state index contributed by atoms with van der Waals surface area (Å²) >= 11 is 0. The van der Waals surface area contributed by atoms with Gasteiger partial charge in [0.05, 0.1) is 19.0 Å². The van der Waals surface area contributed by atoms with Gasteiger partial charge in [-0.2, -0.15) is 0 Å². The van der Waals surface area contributed by atoms with Crippen molar-refractivity contribution in [3.05, 3.63) is 35.4 Å². The van der Waals surface area contributed by atoms with Gasteiger partial charge in [-0.05, 0) is 18.4 Å². The van der Waals surface area contributed by atoms with Crippen molar-refractivity contribution in [1.82, 2.24) is 20.3 Å². The van der Waals surface area contributed by atoms with Crippen LogP contribution in [-0.4, -0.2) is 60.7 Å². The van der Waals surface area contributed by atoms with Gasteiger partial charge in [0, 0.05) is 50.8 Å². The lowest BCUT2D eigenvalue weighted by Crippen LogP contribution is -2.48. The average molecular weight is 396 g/mol. The molecule has 1 saturated heterocycles. The zero-order chi connectivity index (χ0) is 20.4. The van der Waals surface area contributed by atoms with Crippen molar-refractivity contribution in [3.63, 3.8) is 0 Å². The van der Waals surface area contributed by atoms with E-state index in [1.54, 1.807) is 7.11 Å². The number of carbonyl (C=O) groups is 1. The second-order valence-corrected chi connectivity index (χ2v) is 7.93. The summed E-state index contributed by atoms with van der Waals surface area (Å²) in [5, 5.41) is 2.91. The Bertz CT molecular complexity index is 875. The zero-order valence-electron chi connectivity index (χ0n) is 17.3. The van der Waals surface area contributed by atoms with Gasteiger partial charge in [0.2, 0.25) is 5.88 Å². The fraction of sp³-hybridized carbons (Fsp3) is 0.524. The van der Waals surface area contributed by atoms with Crippen LogP contribution in [0.15, 0.2) is 18.3 Å². The molecule has 0 spiro atoms. The van der Waals surface area contributed by atoms with Gasteiger partial charge in [-0.15, -0.1) is 0 Å². The van der Waals surface area contributed by atoms with E-state index in [-0.39, 0.29) is 5.91 Å². The molecule has 0 atom stereocenters. The minimum Gasteiger partial charge on any atom is -0.481 e. The lowest BCUT2D eigenvalue weighted by molar-refractivity contribution is 0.0940. The maximum absolute atomic E-state index is 12.4. The van der Waals surface area contributed by atoms with E-state index in [1.807, 2.05) is 18.3 Å². The van der Waals surface area contributed by atoms with Crippen molar-refractivity contribution in [2.45, 2.75) is 26.7 Å². The molecule has 8 nitrogen and oxygen atoms in total. The van der Waals surface area contributed by atoms with Crippen LogP contribution < -0.4 is 19.9 Å². The van der Waals surface area contributed by atoms with Gasteiger partial charge in [-0.3, -0.25) is 4.79 Å². The van der Waals surface area contributed by atoms with Crippen LogP contribution in [0.25, 0.3) is 0 Å². The van der Waals surface area contributed by atoms with Crippen molar-refractivity contribution in [2.24, 2.45) is 5.92 Å². The molecule has 4 heterocycles. The first kappa shape index (κ1) is 19.4. The predicted octanol–water partition coefficient (Wildman–Crippen LogP) is 1.69. The number of rotatable bonds is 5. The van der Waals surface area contributed by atoms with E-state index in [0.717, 1.165) is 61.9 Å². The third-order valence-corrected chi connectivity index (χ3v) is 5.37. The molecule has 2 aromatic rings. The molecule has 29 heavy (non-hydrogen) atoms. The fourth-order valence-electron chi connectivity index (χ4n) is 3.89. The fourth-order valence-corrected chi connectivity index (χ4v) is 3.89. The van der Waals surface area contributed by atoms with Crippen molar-refractivity contribution in [3.8, 4) is 5.88 Å². The normalized spacial score (nSPS) is 16.6. The number of piperazine rings is 1. The first-order chi connectivity index (χ1) is 14.0. The third kappa shape index (κ3) is 4.11. The van der Waals surface area contributed by atoms with E-state index in [1.165, 1.54) is 0 Å². The molecular weight excluding hydrogens is 368 g/mol. The van der Waals surface area contributed by atoms with Gasteiger partial charge in [-0.1, -0.05) is 13.8 Å². The van der Waals surface area contributed by atoms with Crippen molar-refractivity contribution in [2.75, 3.05) is 49.6 Å². The lowest BCUT2D eigenvalue weighted by atomic mass is 10.0. The van der Waals surface area contributed by atoms with E-state index < -0.39 is 0 Å². The van der Waals surface area contributed by atoms with Gasteiger partial charge >= 0.3 is 0 Å². The van der Waals surface area contributed by atoms with Crippen LogP contribution in [0, 0.1) is 5.92 Å². The summed E-state index contributed by atoms with van der Waals surface area (Å²) in [4.78, 5) is 30.8. The number of anilines is 2. The molecule has 0 aliphatic carbocycles. The predicted molar refractivity (Wildman–Crippen MR) is 112 cm³/mol. The highest BCUT2D eigenvalue weighted by Gasteiger charge is 2.28. The van der Waals surface area contributed by atoms with Gasteiger partial charge in [0.15, 0.2) is 0 Å². The smallest absolute Gasteiger partial charge is 0.270 e. The molecule has 154 valence electrons. The Kier molecular flexibility index (Phi) is 5.51. The van der Waals surface area contributed by atoms with Crippen LogP contribution in [0.5, 0.6) is 5.88 Å². The summed E-state index contributed by atoms with van der Waals surface area (Å²) in [6.07, 6.45) is 3.40. The maximum Gasteiger partial charge on any atom is 0.270 e. The summed E-state index contributed by atoms with van der Waals surface area (Å²) in [6, 6.07) is 3.93. The van der Waals surface area contributed by atoms with E-state index >= 15 is 0 Å². The Hall–Kier alpha value is -2.90. The Morgan fingerprint density at radius 3 is 2.55 bits per heavy atom. The van der Waals surface area contributed by atoms with E-state index in [0.29, 0.717) is 24.0 Å². The standard InChI is InChI=1S/C21H28N6O2/c1-14(2)12-17-24-19-16(6-7-22-21(19)28)20(25-17)27-10-8-26(9-11-27)15-4-5-18(29-3)23-13-15/h4-5,13-14H,6-12H2,1-3H3,(H,22,28). The molecule has 1 amide bonds. The number of carbonyl (C=O) groups excluding carboxylic acids is 1. The monoisotopic (exact) mass is 396 g/mol. The summed E-state index contributed by atoms with van der Waals surface area (Å²) in [5.41, 5.74) is 2.63. The minimum absolute atomic E-state index is 0.0807. The molecule has 2 aliphatic heterocycles. The Morgan fingerprint density at radius 2 is 1.90 bits per heavy atom. The zero-order valence-corrected chi connectivity index (χ0v) is 17.3. The number of hydrogen-bond acceptors (Lipinski definition) is 7. The maximum atomic E-state index is 12.4. The second-order valence-electron chi connectivity index (χ2n) is 7.93. The van der Waals surface area contributed by atoms with Gasteiger partial charge in [-0.25, -0.2) is 15.0 Å². The number of amides is 1. The summed E-state index contributed by atoms with van der Waals surface area (Å²) in [5.74, 6) is 2.67. The summed E-state index contributed by atoms with van der Waals surface area (Å²) in [6.45, 7) is 8.37. The molecule has 4 rings (SSSR count). The molecule has 1 N–H and O–H groups in total. The number of pyridine rings is 1.